The van der Waals surface area contributed by atoms with Crippen LogP contribution in [0, 0.1) is 0 Å². The fraction of sp³-hybridized carbons (Fsp3) is 0.545. The lowest BCUT2D eigenvalue weighted by molar-refractivity contribution is -0.121. The molecule has 0 radical (unpaired) electrons. The van der Waals surface area contributed by atoms with E-state index in [1.807, 2.05) is 5.38 Å². The molecule has 1 aromatic carbocycles. The highest BCUT2D eigenvalue weighted by molar-refractivity contribution is 7.90. The van der Waals surface area contributed by atoms with Crippen LogP contribution in [0.3, 0.4) is 0 Å². The first-order valence-electron chi connectivity index (χ1n) is 10.7. The second-order valence-electron chi connectivity index (χ2n) is 8.61. The summed E-state index contributed by atoms with van der Waals surface area (Å²) in [6.45, 7) is 5.29. The molecule has 1 aromatic heterocycles. The number of amides is 1. The molecule has 1 atom stereocenters. The highest BCUT2D eigenvalue weighted by Gasteiger charge is 2.41. The predicted octanol–water partition coefficient (Wildman–Crippen LogP) is 3.55. The van der Waals surface area contributed by atoms with Gasteiger partial charge in [0.1, 0.15) is 5.01 Å². The maximum absolute atomic E-state index is 12.5. The van der Waals surface area contributed by atoms with Gasteiger partial charge in [-0.25, -0.2) is 13.4 Å². The number of piperidine rings is 1. The zero-order valence-corrected chi connectivity index (χ0v) is 19.1. The van der Waals surface area contributed by atoms with Gasteiger partial charge in [-0.2, -0.15) is 4.31 Å². The van der Waals surface area contributed by atoms with Gasteiger partial charge in [0.05, 0.1) is 17.4 Å². The molecule has 1 amide bonds. The molecule has 162 valence electrons. The van der Waals surface area contributed by atoms with E-state index in [9.17, 15) is 13.2 Å². The van der Waals surface area contributed by atoms with Crippen molar-refractivity contribution in [1.29, 1.82) is 0 Å². The number of thiazole rings is 1. The number of sulfonamides is 1. The number of carbonyl (C=O) groups is 1. The fourth-order valence-electron chi connectivity index (χ4n) is 3.84. The zero-order valence-electron chi connectivity index (χ0n) is 17.5. The molecule has 4 rings (SSSR count). The average Bonchev–Trinajstić information content (AvgIpc) is 3.49. The largest absolute Gasteiger partial charge is 0.352 e. The summed E-state index contributed by atoms with van der Waals surface area (Å²) in [6, 6.07) is 8.28. The van der Waals surface area contributed by atoms with Crippen LogP contribution in [-0.2, 0) is 21.2 Å². The Hall–Kier alpha value is -1.77. The topological polar surface area (TPSA) is 79.4 Å². The van der Waals surface area contributed by atoms with Gasteiger partial charge in [-0.3, -0.25) is 4.79 Å². The lowest BCUT2D eigenvalue weighted by Crippen LogP contribution is -2.50. The summed E-state index contributed by atoms with van der Waals surface area (Å²) in [4.78, 5) is 17.2. The molecule has 2 heterocycles. The van der Waals surface area contributed by atoms with Crippen LogP contribution in [0.4, 0.5) is 0 Å². The van der Waals surface area contributed by atoms with Crippen molar-refractivity contribution in [2.24, 2.45) is 0 Å². The Morgan fingerprint density at radius 3 is 2.63 bits per heavy atom. The van der Waals surface area contributed by atoms with E-state index in [4.69, 9.17) is 0 Å². The second-order valence-corrected chi connectivity index (χ2v) is 11.7. The summed E-state index contributed by atoms with van der Waals surface area (Å²) in [7, 11) is -3.18. The van der Waals surface area contributed by atoms with Crippen molar-refractivity contribution in [3.05, 3.63) is 40.9 Å². The summed E-state index contributed by atoms with van der Waals surface area (Å²) in [5.74, 6) is 0.391. The smallest absolute Gasteiger partial charge is 0.226 e. The molecule has 1 saturated carbocycles. The number of hydrogen-bond acceptors (Lipinski definition) is 5. The van der Waals surface area contributed by atoms with E-state index in [-0.39, 0.29) is 23.6 Å². The van der Waals surface area contributed by atoms with Crippen LogP contribution in [0.1, 0.15) is 56.7 Å². The van der Waals surface area contributed by atoms with E-state index in [2.05, 4.69) is 48.4 Å². The van der Waals surface area contributed by atoms with E-state index >= 15 is 0 Å². The first-order chi connectivity index (χ1) is 14.3. The molecular weight excluding hydrogens is 418 g/mol. The van der Waals surface area contributed by atoms with E-state index < -0.39 is 10.0 Å². The summed E-state index contributed by atoms with van der Waals surface area (Å²) >= 11 is 1.54. The third kappa shape index (κ3) is 4.92. The van der Waals surface area contributed by atoms with Gasteiger partial charge in [-0.15, -0.1) is 11.3 Å². The van der Waals surface area contributed by atoms with Crippen LogP contribution < -0.4 is 5.32 Å². The highest BCUT2D eigenvalue weighted by atomic mass is 32.2. The average molecular weight is 448 g/mol. The molecule has 30 heavy (non-hydrogen) atoms. The zero-order chi connectivity index (χ0) is 21.3. The standard InChI is InChI=1S/C22H29N3O3S2/c1-15(2)16-5-7-17(8-6-16)22-24-19(14-29-22)12-21(26)23-18-4-3-11-25(13-18)30(27,28)20-9-10-20/h5-8,14-15,18,20H,3-4,9-13H2,1-2H3,(H,23,26)/t18-/m1/s1. The van der Waals surface area contributed by atoms with Gasteiger partial charge in [0.25, 0.3) is 0 Å². The Morgan fingerprint density at radius 1 is 1.23 bits per heavy atom. The number of rotatable bonds is 7. The SMILES string of the molecule is CC(C)c1ccc(-c2nc(CC(=O)N[C@@H]3CCCN(S(=O)(=O)C4CC4)C3)cs2)cc1. The maximum Gasteiger partial charge on any atom is 0.226 e. The van der Waals surface area contributed by atoms with Crippen molar-refractivity contribution in [2.45, 2.75) is 63.2 Å². The van der Waals surface area contributed by atoms with Gasteiger partial charge in [0.2, 0.25) is 15.9 Å². The van der Waals surface area contributed by atoms with Crippen LogP contribution in [0.2, 0.25) is 0 Å². The van der Waals surface area contributed by atoms with Gasteiger partial charge in [0, 0.05) is 30.1 Å². The molecule has 6 nitrogen and oxygen atoms in total. The van der Waals surface area contributed by atoms with Crippen molar-refractivity contribution in [1.82, 2.24) is 14.6 Å². The monoisotopic (exact) mass is 447 g/mol. The van der Waals surface area contributed by atoms with Crippen molar-refractivity contribution in [2.75, 3.05) is 13.1 Å². The molecule has 2 aliphatic rings. The van der Waals surface area contributed by atoms with Gasteiger partial charge in [0.15, 0.2) is 0 Å². The highest BCUT2D eigenvalue weighted by Crippen LogP contribution is 2.32. The summed E-state index contributed by atoms with van der Waals surface area (Å²) in [5.41, 5.74) is 3.10. The van der Waals surface area contributed by atoms with E-state index in [1.54, 1.807) is 15.6 Å². The van der Waals surface area contributed by atoms with Crippen LogP contribution >= 0.6 is 11.3 Å². The lowest BCUT2D eigenvalue weighted by atomic mass is 10.0. The summed E-state index contributed by atoms with van der Waals surface area (Å²) in [6.07, 6.45) is 3.34. The fourth-order valence-corrected chi connectivity index (χ4v) is 6.59. The van der Waals surface area contributed by atoms with Crippen molar-refractivity contribution >= 4 is 27.3 Å². The molecule has 1 N–H and O–H groups in total. The van der Waals surface area contributed by atoms with Gasteiger partial charge in [-0.05, 0) is 37.2 Å². The Labute approximate surface area is 182 Å². The van der Waals surface area contributed by atoms with Crippen molar-refractivity contribution < 1.29 is 13.2 Å². The summed E-state index contributed by atoms with van der Waals surface area (Å²) in [5, 5.41) is 5.65. The molecular formula is C22H29N3O3S2. The molecule has 1 aliphatic heterocycles. The Bertz CT molecular complexity index is 995. The number of nitrogens with zero attached hydrogens (tertiary/aromatic N) is 2. The first kappa shape index (κ1) is 21.5. The normalized spacial score (nSPS) is 20.4. The number of hydrogen-bond donors (Lipinski definition) is 1. The molecule has 0 spiro atoms. The van der Waals surface area contributed by atoms with Gasteiger partial charge < -0.3 is 5.32 Å². The number of benzene rings is 1. The van der Waals surface area contributed by atoms with Crippen LogP contribution in [0.15, 0.2) is 29.6 Å². The van der Waals surface area contributed by atoms with Crippen molar-refractivity contribution in [3.63, 3.8) is 0 Å². The molecule has 0 bridgehead atoms. The third-order valence-corrected chi connectivity index (χ3v) is 9.08. The first-order valence-corrected chi connectivity index (χ1v) is 13.0. The van der Waals surface area contributed by atoms with E-state index in [1.165, 1.54) is 5.56 Å². The molecule has 8 heteroatoms. The minimum atomic E-state index is -3.18. The summed E-state index contributed by atoms with van der Waals surface area (Å²) < 4.78 is 26.5. The van der Waals surface area contributed by atoms with E-state index in [0.717, 1.165) is 41.9 Å². The molecule has 2 aromatic rings. The lowest BCUT2D eigenvalue weighted by Gasteiger charge is -2.32. The third-order valence-electron chi connectivity index (χ3n) is 5.77. The van der Waals surface area contributed by atoms with Gasteiger partial charge >= 0.3 is 0 Å². The molecule has 0 unspecified atom stereocenters. The second kappa shape index (κ2) is 8.77. The van der Waals surface area contributed by atoms with Crippen LogP contribution in [0.25, 0.3) is 10.6 Å². The number of nitrogens with one attached hydrogen (secondary N) is 1. The Balaban J connectivity index is 1.33. The molecule has 1 saturated heterocycles. The Morgan fingerprint density at radius 2 is 1.97 bits per heavy atom. The van der Waals surface area contributed by atoms with Crippen molar-refractivity contribution in [3.8, 4) is 10.6 Å². The number of aromatic nitrogens is 1. The quantitative estimate of drug-likeness (QED) is 0.704. The minimum Gasteiger partial charge on any atom is -0.352 e. The molecule has 1 aliphatic carbocycles. The number of carbonyl (C=O) groups excluding carboxylic acids is 1. The predicted molar refractivity (Wildman–Crippen MR) is 120 cm³/mol. The minimum absolute atomic E-state index is 0.0994. The Kier molecular flexibility index (Phi) is 6.27. The maximum atomic E-state index is 12.5. The van der Waals surface area contributed by atoms with Gasteiger partial charge in [-0.1, -0.05) is 38.1 Å². The van der Waals surface area contributed by atoms with E-state index in [0.29, 0.717) is 19.0 Å². The molecule has 2 fully saturated rings. The van der Waals surface area contributed by atoms with Crippen LogP contribution in [0.5, 0.6) is 0 Å². The van der Waals surface area contributed by atoms with Crippen LogP contribution in [-0.4, -0.2) is 48.0 Å².